The van der Waals surface area contributed by atoms with E-state index in [1.807, 2.05) is 0 Å². The van der Waals surface area contributed by atoms with Crippen molar-refractivity contribution in [3.8, 4) is 5.75 Å². The summed E-state index contributed by atoms with van der Waals surface area (Å²) in [6, 6.07) is 8.89. The molecular weight excluding hydrogens is 427 g/mol. The minimum atomic E-state index is -4.82. The molecule has 1 fully saturated rings. The van der Waals surface area contributed by atoms with Gasteiger partial charge in [-0.25, -0.2) is 0 Å². The molecule has 1 atom stereocenters. The molecule has 0 aromatic heterocycles. The van der Waals surface area contributed by atoms with Gasteiger partial charge in [-0.1, -0.05) is 12.1 Å². The molecule has 32 heavy (non-hydrogen) atoms. The molecular formula is C22H20F3N3O4. The minimum absolute atomic E-state index is 0.0754. The number of halogens is 3. The molecule has 4 rings (SSSR count). The van der Waals surface area contributed by atoms with Gasteiger partial charge in [-0.05, 0) is 54.3 Å². The number of nitrogens with one attached hydrogen (secondary N) is 2. The van der Waals surface area contributed by atoms with Crippen molar-refractivity contribution in [2.75, 3.05) is 18.4 Å². The lowest BCUT2D eigenvalue weighted by Crippen LogP contribution is -2.52. The van der Waals surface area contributed by atoms with Crippen molar-refractivity contribution in [3.05, 3.63) is 59.2 Å². The van der Waals surface area contributed by atoms with Gasteiger partial charge in [-0.3, -0.25) is 14.4 Å². The number of anilines is 1. The molecule has 1 unspecified atom stereocenters. The molecule has 0 spiro atoms. The predicted octanol–water partition coefficient (Wildman–Crippen LogP) is 3.17. The number of amides is 3. The molecule has 2 aliphatic heterocycles. The van der Waals surface area contributed by atoms with Crippen molar-refractivity contribution in [2.45, 2.75) is 31.7 Å². The van der Waals surface area contributed by atoms with Gasteiger partial charge in [0.15, 0.2) is 0 Å². The fraction of sp³-hybridized carbons (Fsp3) is 0.318. The van der Waals surface area contributed by atoms with Gasteiger partial charge in [0, 0.05) is 30.8 Å². The number of piperazine rings is 1. The van der Waals surface area contributed by atoms with Crippen LogP contribution < -0.4 is 15.4 Å². The van der Waals surface area contributed by atoms with Crippen LogP contribution >= 0.6 is 0 Å². The molecule has 10 heteroatoms. The fourth-order valence-corrected chi connectivity index (χ4v) is 3.94. The molecule has 0 radical (unpaired) electrons. The molecule has 2 heterocycles. The molecule has 7 nitrogen and oxygen atoms in total. The van der Waals surface area contributed by atoms with Crippen molar-refractivity contribution < 1.29 is 32.3 Å². The standard InChI is InChI=1S/C22H20F3N3O4/c23-22(24,25)32-16-7-4-13(5-8-16)19-20(30)26-10-11-28(19)21(31)15-6-9-17-14(12-15)2-1-3-18(29)27-17/h4-9,12,19H,1-3,10-11H2,(H,26,30)(H,27,29). The first-order valence-corrected chi connectivity index (χ1v) is 10.1. The van der Waals surface area contributed by atoms with Crippen molar-refractivity contribution in [3.63, 3.8) is 0 Å². The van der Waals surface area contributed by atoms with Crippen molar-refractivity contribution in [1.29, 1.82) is 0 Å². The van der Waals surface area contributed by atoms with E-state index in [-0.39, 0.29) is 24.9 Å². The molecule has 168 valence electrons. The highest BCUT2D eigenvalue weighted by Crippen LogP contribution is 2.30. The fourth-order valence-electron chi connectivity index (χ4n) is 3.94. The number of hydrogen-bond acceptors (Lipinski definition) is 4. The second-order valence-electron chi connectivity index (χ2n) is 7.58. The van der Waals surface area contributed by atoms with E-state index < -0.39 is 24.1 Å². The van der Waals surface area contributed by atoms with Gasteiger partial charge < -0.3 is 20.3 Å². The number of rotatable bonds is 3. The summed E-state index contributed by atoms with van der Waals surface area (Å²) in [6.45, 7) is 0.501. The smallest absolute Gasteiger partial charge is 0.406 e. The average Bonchev–Trinajstić information content (AvgIpc) is 2.92. The third-order valence-corrected chi connectivity index (χ3v) is 5.38. The predicted molar refractivity (Wildman–Crippen MR) is 108 cm³/mol. The normalized spacial score (nSPS) is 18.8. The molecule has 3 amide bonds. The number of carbonyl (C=O) groups is 3. The Bertz CT molecular complexity index is 1050. The van der Waals surface area contributed by atoms with E-state index in [0.29, 0.717) is 36.1 Å². The highest BCUT2D eigenvalue weighted by molar-refractivity contribution is 6.00. The Morgan fingerprint density at radius 2 is 1.81 bits per heavy atom. The van der Waals surface area contributed by atoms with Gasteiger partial charge in [0.2, 0.25) is 11.8 Å². The van der Waals surface area contributed by atoms with E-state index in [2.05, 4.69) is 15.4 Å². The first-order valence-electron chi connectivity index (χ1n) is 10.1. The number of hydrogen-bond donors (Lipinski definition) is 2. The summed E-state index contributed by atoms with van der Waals surface area (Å²) in [5.74, 6) is -1.29. The highest BCUT2D eigenvalue weighted by atomic mass is 19.4. The molecule has 2 N–H and O–H groups in total. The largest absolute Gasteiger partial charge is 0.573 e. The molecule has 0 aliphatic carbocycles. The Labute approximate surface area is 181 Å². The molecule has 0 bridgehead atoms. The maximum atomic E-state index is 13.3. The van der Waals surface area contributed by atoms with Crippen LogP contribution in [0.4, 0.5) is 18.9 Å². The van der Waals surface area contributed by atoms with Gasteiger partial charge in [-0.2, -0.15) is 0 Å². The topological polar surface area (TPSA) is 87.7 Å². The number of nitrogens with zero attached hydrogens (tertiary/aromatic N) is 1. The lowest BCUT2D eigenvalue weighted by atomic mass is 9.99. The zero-order valence-electron chi connectivity index (χ0n) is 16.9. The number of benzene rings is 2. The van der Waals surface area contributed by atoms with Crippen LogP contribution in [0.15, 0.2) is 42.5 Å². The minimum Gasteiger partial charge on any atom is -0.406 e. The molecule has 2 aromatic carbocycles. The number of alkyl halides is 3. The molecule has 0 saturated carbocycles. The monoisotopic (exact) mass is 447 g/mol. The van der Waals surface area contributed by atoms with Crippen LogP contribution in [0.25, 0.3) is 0 Å². The summed E-state index contributed by atoms with van der Waals surface area (Å²) in [7, 11) is 0. The van der Waals surface area contributed by atoms with Crippen LogP contribution in [0.2, 0.25) is 0 Å². The number of ether oxygens (including phenoxy) is 1. The number of fused-ring (bicyclic) bond motifs is 1. The van der Waals surface area contributed by atoms with Gasteiger partial charge in [0.1, 0.15) is 11.8 Å². The summed E-state index contributed by atoms with van der Waals surface area (Å²) >= 11 is 0. The van der Waals surface area contributed by atoms with E-state index in [0.717, 1.165) is 17.7 Å². The van der Waals surface area contributed by atoms with Crippen molar-refractivity contribution in [2.24, 2.45) is 0 Å². The Hall–Kier alpha value is -3.56. The van der Waals surface area contributed by atoms with Crippen LogP contribution in [-0.2, 0) is 16.0 Å². The lowest BCUT2D eigenvalue weighted by Gasteiger charge is -2.35. The SMILES string of the molecule is O=C1CCCc2cc(C(=O)N3CCNC(=O)C3c3ccc(OC(F)(F)F)cc3)ccc2N1. The van der Waals surface area contributed by atoms with E-state index in [1.54, 1.807) is 18.2 Å². The Morgan fingerprint density at radius 1 is 1.06 bits per heavy atom. The number of aryl methyl sites for hydroxylation is 1. The van der Waals surface area contributed by atoms with E-state index >= 15 is 0 Å². The van der Waals surface area contributed by atoms with Crippen molar-refractivity contribution in [1.82, 2.24) is 10.2 Å². The lowest BCUT2D eigenvalue weighted by molar-refractivity contribution is -0.274. The Morgan fingerprint density at radius 3 is 2.53 bits per heavy atom. The quantitative estimate of drug-likeness (QED) is 0.757. The number of carbonyl (C=O) groups excluding carboxylic acids is 3. The molecule has 1 saturated heterocycles. The van der Waals surface area contributed by atoms with Gasteiger partial charge in [-0.15, -0.1) is 13.2 Å². The van der Waals surface area contributed by atoms with Gasteiger partial charge in [0.25, 0.3) is 5.91 Å². The Balaban J connectivity index is 1.60. The van der Waals surface area contributed by atoms with Crippen LogP contribution in [-0.4, -0.2) is 42.1 Å². The van der Waals surface area contributed by atoms with Crippen LogP contribution in [0, 0.1) is 0 Å². The van der Waals surface area contributed by atoms with E-state index in [4.69, 9.17) is 0 Å². The summed E-state index contributed by atoms with van der Waals surface area (Å²) in [4.78, 5) is 39.1. The average molecular weight is 447 g/mol. The van der Waals surface area contributed by atoms with E-state index in [9.17, 15) is 27.6 Å². The zero-order valence-corrected chi connectivity index (χ0v) is 16.9. The van der Waals surface area contributed by atoms with Crippen LogP contribution in [0.3, 0.4) is 0 Å². The van der Waals surface area contributed by atoms with E-state index in [1.165, 1.54) is 17.0 Å². The highest BCUT2D eigenvalue weighted by Gasteiger charge is 2.36. The summed E-state index contributed by atoms with van der Waals surface area (Å²) in [6.07, 6.45) is -3.12. The second kappa shape index (κ2) is 8.52. The summed E-state index contributed by atoms with van der Waals surface area (Å²) in [5, 5.41) is 5.50. The maximum Gasteiger partial charge on any atom is 0.573 e. The Kier molecular flexibility index (Phi) is 5.77. The van der Waals surface area contributed by atoms with Gasteiger partial charge in [0.05, 0.1) is 0 Å². The zero-order chi connectivity index (χ0) is 22.9. The van der Waals surface area contributed by atoms with Crippen molar-refractivity contribution >= 4 is 23.4 Å². The first-order chi connectivity index (χ1) is 15.2. The molecule has 2 aromatic rings. The summed E-state index contributed by atoms with van der Waals surface area (Å²) < 4.78 is 41.1. The molecule has 2 aliphatic rings. The summed E-state index contributed by atoms with van der Waals surface area (Å²) in [5.41, 5.74) is 2.24. The van der Waals surface area contributed by atoms with Crippen LogP contribution in [0.1, 0.15) is 40.4 Å². The second-order valence-corrected chi connectivity index (χ2v) is 7.58. The van der Waals surface area contributed by atoms with Crippen LogP contribution in [0.5, 0.6) is 5.75 Å². The first kappa shape index (κ1) is 21.7. The van der Waals surface area contributed by atoms with Gasteiger partial charge >= 0.3 is 6.36 Å². The maximum absolute atomic E-state index is 13.3. The third-order valence-electron chi connectivity index (χ3n) is 5.38. The third kappa shape index (κ3) is 4.68.